The van der Waals surface area contributed by atoms with Crippen LogP contribution in [-0.2, 0) is 26.0 Å². The van der Waals surface area contributed by atoms with E-state index < -0.39 is 10.0 Å². The summed E-state index contributed by atoms with van der Waals surface area (Å²) in [5, 5.41) is 0.149. The summed E-state index contributed by atoms with van der Waals surface area (Å²) in [7, 11) is -0.718. The quantitative estimate of drug-likeness (QED) is 0.736. The summed E-state index contributed by atoms with van der Waals surface area (Å²) in [6, 6.07) is 4.66. The van der Waals surface area contributed by atoms with Crippen LogP contribution in [0, 0.1) is 0 Å². The number of hydrogen-bond acceptors (Lipinski definition) is 5. The number of methoxy groups -OCH3 is 2. The van der Waals surface area contributed by atoms with E-state index in [0.717, 1.165) is 0 Å². The van der Waals surface area contributed by atoms with Crippen molar-refractivity contribution in [3.8, 4) is 0 Å². The number of nitrogens with two attached hydrogens (primary N) is 1. The van der Waals surface area contributed by atoms with Crippen LogP contribution in [0.15, 0.2) is 23.1 Å². The first kappa shape index (κ1) is 17.4. The maximum atomic E-state index is 12.2. The molecule has 1 rings (SSSR count). The van der Waals surface area contributed by atoms with Gasteiger partial charge in [-0.3, -0.25) is 0 Å². The van der Waals surface area contributed by atoms with Crippen molar-refractivity contribution >= 4 is 21.6 Å². The van der Waals surface area contributed by atoms with Gasteiger partial charge in [-0.2, -0.15) is 0 Å². The van der Waals surface area contributed by atoms with Gasteiger partial charge in [-0.15, -0.1) is 0 Å². The third kappa shape index (κ3) is 4.69. The van der Waals surface area contributed by atoms with Gasteiger partial charge in [0.15, 0.2) is 0 Å². The largest absolute Gasteiger partial charge is 0.382 e. The van der Waals surface area contributed by atoms with Crippen molar-refractivity contribution in [3.63, 3.8) is 0 Å². The van der Waals surface area contributed by atoms with Crippen molar-refractivity contribution < 1.29 is 17.9 Å². The molecule has 20 heavy (non-hydrogen) atoms. The second-order valence-corrected chi connectivity index (χ2v) is 6.28. The molecule has 6 nitrogen and oxygen atoms in total. The van der Waals surface area contributed by atoms with Gasteiger partial charge in [-0.05, 0) is 17.7 Å². The molecule has 8 heteroatoms. The highest BCUT2D eigenvalue weighted by molar-refractivity contribution is 7.89. The summed E-state index contributed by atoms with van der Waals surface area (Å²) in [4.78, 5) is 0.00869. The zero-order valence-corrected chi connectivity index (χ0v) is 13.0. The van der Waals surface area contributed by atoms with Gasteiger partial charge < -0.3 is 15.2 Å². The van der Waals surface area contributed by atoms with Crippen molar-refractivity contribution in [2.24, 2.45) is 5.73 Å². The van der Waals surface area contributed by atoms with Crippen molar-refractivity contribution in [2.75, 3.05) is 27.4 Å². The summed E-state index contributed by atoms with van der Waals surface area (Å²) >= 11 is 5.93. The average Bonchev–Trinajstić information content (AvgIpc) is 2.43. The van der Waals surface area contributed by atoms with Crippen molar-refractivity contribution in [1.82, 2.24) is 4.72 Å². The molecule has 0 fully saturated rings. The number of nitrogens with one attached hydrogen (secondary N) is 1. The molecule has 0 saturated carbocycles. The van der Waals surface area contributed by atoms with Crippen LogP contribution < -0.4 is 10.5 Å². The fourth-order valence-corrected chi connectivity index (χ4v) is 3.17. The molecule has 3 N–H and O–H groups in total. The Morgan fingerprint density at radius 1 is 1.40 bits per heavy atom. The van der Waals surface area contributed by atoms with E-state index in [0.29, 0.717) is 5.56 Å². The maximum Gasteiger partial charge on any atom is 0.242 e. The number of rotatable bonds is 8. The van der Waals surface area contributed by atoms with Crippen molar-refractivity contribution in [1.29, 1.82) is 0 Å². The fourth-order valence-electron chi connectivity index (χ4n) is 1.56. The number of benzene rings is 1. The highest BCUT2D eigenvalue weighted by Gasteiger charge is 2.20. The number of halogens is 1. The number of ether oxygens (including phenoxy) is 2. The summed E-state index contributed by atoms with van der Waals surface area (Å²) in [5.74, 6) is 0. The normalized spacial score (nSPS) is 13.4. The van der Waals surface area contributed by atoms with Crippen LogP contribution >= 0.6 is 11.6 Å². The molecule has 1 atom stereocenters. The van der Waals surface area contributed by atoms with Crippen molar-refractivity contribution in [3.05, 3.63) is 28.8 Å². The molecule has 0 heterocycles. The van der Waals surface area contributed by atoms with E-state index in [1.54, 1.807) is 6.07 Å². The van der Waals surface area contributed by atoms with Crippen LogP contribution in [0.25, 0.3) is 0 Å². The first-order chi connectivity index (χ1) is 9.44. The molecule has 0 aliphatic heterocycles. The summed E-state index contributed by atoms with van der Waals surface area (Å²) in [6.07, 6.45) is -0.369. The molecule has 0 saturated heterocycles. The van der Waals surface area contributed by atoms with Crippen LogP contribution in [-0.4, -0.2) is 41.9 Å². The molecule has 1 aromatic rings. The molecule has 1 aromatic carbocycles. The van der Waals surface area contributed by atoms with Gasteiger partial charge in [0.2, 0.25) is 10.0 Å². The van der Waals surface area contributed by atoms with Crippen LogP contribution in [0.1, 0.15) is 5.56 Å². The van der Waals surface area contributed by atoms with E-state index in [9.17, 15) is 8.42 Å². The van der Waals surface area contributed by atoms with Crippen LogP contribution in [0.4, 0.5) is 0 Å². The predicted molar refractivity (Wildman–Crippen MR) is 77.2 cm³/mol. The second kappa shape index (κ2) is 7.92. The molecular formula is C12H19ClN2O4S. The van der Waals surface area contributed by atoms with Gasteiger partial charge in [0, 0.05) is 27.3 Å². The van der Waals surface area contributed by atoms with E-state index >= 15 is 0 Å². The SMILES string of the molecule is COCC(CNS(=O)(=O)c1cc(CN)ccc1Cl)OC. The number of hydrogen-bond donors (Lipinski definition) is 2. The lowest BCUT2D eigenvalue weighted by atomic mass is 10.2. The van der Waals surface area contributed by atoms with Gasteiger partial charge in [0.05, 0.1) is 17.7 Å². The Morgan fingerprint density at radius 3 is 2.65 bits per heavy atom. The first-order valence-corrected chi connectivity index (χ1v) is 7.80. The Hall–Kier alpha value is -0.700. The van der Waals surface area contributed by atoms with Crippen LogP contribution in [0.2, 0.25) is 5.02 Å². The zero-order chi connectivity index (χ0) is 15.2. The van der Waals surface area contributed by atoms with Gasteiger partial charge >= 0.3 is 0 Å². The van der Waals surface area contributed by atoms with Gasteiger partial charge in [-0.25, -0.2) is 13.1 Å². The Morgan fingerprint density at radius 2 is 2.10 bits per heavy atom. The molecule has 0 bridgehead atoms. The molecule has 0 aliphatic rings. The lowest BCUT2D eigenvalue weighted by Crippen LogP contribution is -2.35. The maximum absolute atomic E-state index is 12.2. The fraction of sp³-hybridized carbons (Fsp3) is 0.500. The molecule has 1 unspecified atom stereocenters. The first-order valence-electron chi connectivity index (χ1n) is 5.94. The van der Waals surface area contributed by atoms with Gasteiger partial charge in [0.25, 0.3) is 0 Å². The molecular weight excluding hydrogens is 304 g/mol. The Balaban J connectivity index is 2.88. The predicted octanol–water partition coefficient (Wildman–Crippen LogP) is 0.738. The third-order valence-electron chi connectivity index (χ3n) is 2.71. The van der Waals surface area contributed by atoms with Crippen molar-refractivity contribution in [2.45, 2.75) is 17.5 Å². The van der Waals surface area contributed by atoms with E-state index in [1.807, 2.05) is 0 Å². The number of sulfonamides is 1. The summed E-state index contributed by atoms with van der Waals surface area (Å²) in [5.41, 5.74) is 6.19. The Bertz CT molecular complexity index is 536. The monoisotopic (exact) mass is 322 g/mol. The Kier molecular flexibility index (Phi) is 6.87. The molecule has 0 aliphatic carbocycles. The molecule has 114 valence electrons. The molecule has 0 radical (unpaired) electrons. The molecule has 0 spiro atoms. The van der Waals surface area contributed by atoms with E-state index in [-0.39, 0.29) is 35.7 Å². The van der Waals surface area contributed by atoms with E-state index in [4.69, 9.17) is 26.8 Å². The van der Waals surface area contributed by atoms with Crippen LogP contribution in [0.5, 0.6) is 0 Å². The van der Waals surface area contributed by atoms with Gasteiger partial charge in [-0.1, -0.05) is 17.7 Å². The minimum Gasteiger partial charge on any atom is -0.382 e. The molecule has 0 amide bonds. The zero-order valence-electron chi connectivity index (χ0n) is 11.4. The summed E-state index contributed by atoms with van der Waals surface area (Å²) in [6.45, 7) is 0.621. The minimum atomic E-state index is -3.72. The van der Waals surface area contributed by atoms with E-state index in [1.165, 1.54) is 26.4 Å². The smallest absolute Gasteiger partial charge is 0.242 e. The minimum absolute atomic E-state index is 0.00869. The molecule has 0 aromatic heterocycles. The highest BCUT2D eigenvalue weighted by Crippen LogP contribution is 2.22. The van der Waals surface area contributed by atoms with E-state index in [2.05, 4.69) is 4.72 Å². The second-order valence-electron chi connectivity index (χ2n) is 4.13. The Labute approximate surface area is 124 Å². The highest BCUT2D eigenvalue weighted by atomic mass is 35.5. The average molecular weight is 323 g/mol. The standard InChI is InChI=1S/C12H19ClN2O4S/c1-18-8-10(19-2)7-15-20(16,17)12-5-9(6-14)3-4-11(12)13/h3-5,10,15H,6-8,14H2,1-2H3. The van der Waals surface area contributed by atoms with Crippen LogP contribution in [0.3, 0.4) is 0 Å². The topological polar surface area (TPSA) is 90.7 Å². The lowest BCUT2D eigenvalue weighted by Gasteiger charge is -2.16. The summed E-state index contributed by atoms with van der Waals surface area (Å²) < 4.78 is 36.9. The third-order valence-corrected chi connectivity index (χ3v) is 4.61. The van der Waals surface area contributed by atoms with Gasteiger partial charge in [0.1, 0.15) is 4.90 Å². The lowest BCUT2D eigenvalue weighted by molar-refractivity contribution is 0.0320.